The molecule has 16 heavy (non-hydrogen) atoms. The van der Waals surface area contributed by atoms with Crippen molar-refractivity contribution in [2.45, 2.75) is 25.8 Å². The van der Waals surface area contributed by atoms with Crippen LogP contribution < -0.4 is 5.32 Å². The molecule has 1 fully saturated rings. The van der Waals surface area contributed by atoms with E-state index >= 15 is 0 Å². The van der Waals surface area contributed by atoms with Crippen LogP contribution in [0.4, 0.5) is 0 Å². The van der Waals surface area contributed by atoms with E-state index in [-0.39, 0.29) is 0 Å². The molecule has 0 amide bonds. The quantitative estimate of drug-likeness (QED) is 0.825. The van der Waals surface area contributed by atoms with E-state index in [1.165, 1.54) is 12.0 Å². The molecule has 3 nitrogen and oxygen atoms in total. The van der Waals surface area contributed by atoms with E-state index in [4.69, 9.17) is 4.74 Å². The van der Waals surface area contributed by atoms with Crippen LogP contribution in [0.15, 0.2) is 24.5 Å². The summed E-state index contributed by atoms with van der Waals surface area (Å²) in [4.78, 5) is 4.19. The molecule has 0 saturated carbocycles. The Morgan fingerprint density at radius 2 is 2.56 bits per heavy atom. The average molecular weight is 220 g/mol. The van der Waals surface area contributed by atoms with E-state index in [1.54, 1.807) is 0 Å². The topological polar surface area (TPSA) is 34.1 Å². The first kappa shape index (κ1) is 11.6. The molecule has 88 valence electrons. The van der Waals surface area contributed by atoms with Crippen molar-refractivity contribution in [1.82, 2.24) is 10.3 Å². The summed E-state index contributed by atoms with van der Waals surface area (Å²) in [6.45, 7) is 4.99. The second kappa shape index (κ2) is 5.97. The molecular formula is C13H20N2O. The van der Waals surface area contributed by atoms with Crippen LogP contribution in [0.3, 0.4) is 0 Å². The number of nitrogens with one attached hydrogen (secondary N) is 1. The van der Waals surface area contributed by atoms with Crippen LogP contribution in [0, 0.1) is 5.92 Å². The standard InChI is InChI=1S/C13H20N2O/c1-2-15-13(8-11-5-7-16-10-11)12-4-3-6-14-9-12/h3-4,6,9,11,13,15H,2,5,7-8,10H2,1H3. The maximum absolute atomic E-state index is 5.43. The van der Waals surface area contributed by atoms with Gasteiger partial charge >= 0.3 is 0 Å². The van der Waals surface area contributed by atoms with Gasteiger partial charge in [-0.2, -0.15) is 0 Å². The third kappa shape index (κ3) is 3.03. The molecule has 1 aromatic rings. The van der Waals surface area contributed by atoms with Crippen molar-refractivity contribution < 1.29 is 4.74 Å². The Morgan fingerprint density at radius 3 is 3.19 bits per heavy atom. The van der Waals surface area contributed by atoms with Crippen LogP contribution in [0.25, 0.3) is 0 Å². The van der Waals surface area contributed by atoms with Crippen LogP contribution in [-0.2, 0) is 4.74 Å². The van der Waals surface area contributed by atoms with Gasteiger partial charge in [0.1, 0.15) is 0 Å². The lowest BCUT2D eigenvalue weighted by Crippen LogP contribution is -2.23. The van der Waals surface area contributed by atoms with Crippen LogP contribution >= 0.6 is 0 Å². The Hall–Kier alpha value is -0.930. The van der Waals surface area contributed by atoms with E-state index in [0.29, 0.717) is 12.0 Å². The van der Waals surface area contributed by atoms with Gasteiger partial charge in [0.2, 0.25) is 0 Å². The molecule has 0 spiro atoms. The zero-order valence-electron chi connectivity index (χ0n) is 9.86. The summed E-state index contributed by atoms with van der Waals surface area (Å²) in [5.74, 6) is 0.698. The van der Waals surface area contributed by atoms with Crippen molar-refractivity contribution >= 4 is 0 Å². The number of ether oxygens (including phenoxy) is 1. The molecule has 3 heteroatoms. The molecule has 1 aliphatic rings. The molecular weight excluding hydrogens is 200 g/mol. The highest BCUT2D eigenvalue weighted by Gasteiger charge is 2.21. The third-order valence-electron chi connectivity index (χ3n) is 3.13. The van der Waals surface area contributed by atoms with Crippen molar-refractivity contribution in [3.05, 3.63) is 30.1 Å². The smallest absolute Gasteiger partial charge is 0.0495 e. The monoisotopic (exact) mass is 220 g/mol. The highest BCUT2D eigenvalue weighted by Crippen LogP contribution is 2.25. The zero-order valence-corrected chi connectivity index (χ0v) is 9.86. The maximum atomic E-state index is 5.43. The van der Waals surface area contributed by atoms with Gasteiger partial charge in [0.25, 0.3) is 0 Å². The van der Waals surface area contributed by atoms with Crippen LogP contribution in [0.2, 0.25) is 0 Å². The molecule has 2 unspecified atom stereocenters. The molecule has 0 aliphatic carbocycles. The Balaban J connectivity index is 1.99. The summed E-state index contributed by atoms with van der Waals surface area (Å²) in [5.41, 5.74) is 1.29. The minimum Gasteiger partial charge on any atom is -0.381 e. The molecule has 1 saturated heterocycles. The van der Waals surface area contributed by atoms with Crippen molar-refractivity contribution in [3.8, 4) is 0 Å². The van der Waals surface area contributed by atoms with Crippen molar-refractivity contribution in [2.24, 2.45) is 5.92 Å². The molecule has 2 atom stereocenters. The van der Waals surface area contributed by atoms with Gasteiger partial charge in [-0.25, -0.2) is 0 Å². The second-order valence-corrected chi connectivity index (χ2v) is 4.36. The highest BCUT2D eigenvalue weighted by atomic mass is 16.5. The molecule has 2 rings (SSSR count). The Kier molecular flexibility index (Phi) is 4.31. The number of hydrogen-bond donors (Lipinski definition) is 1. The summed E-state index contributed by atoms with van der Waals surface area (Å²) < 4.78 is 5.43. The number of hydrogen-bond acceptors (Lipinski definition) is 3. The molecule has 0 bridgehead atoms. The summed E-state index contributed by atoms with van der Waals surface area (Å²) in [6.07, 6.45) is 6.13. The summed E-state index contributed by atoms with van der Waals surface area (Å²) in [5, 5.41) is 3.53. The normalized spacial score (nSPS) is 22.2. The lowest BCUT2D eigenvalue weighted by molar-refractivity contribution is 0.181. The number of rotatable bonds is 5. The number of nitrogens with zero attached hydrogens (tertiary/aromatic N) is 1. The molecule has 0 aromatic carbocycles. The lowest BCUT2D eigenvalue weighted by Gasteiger charge is -2.20. The van der Waals surface area contributed by atoms with Crippen molar-refractivity contribution in [2.75, 3.05) is 19.8 Å². The van der Waals surface area contributed by atoms with Crippen molar-refractivity contribution in [3.63, 3.8) is 0 Å². The van der Waals surface area contributed by atoms with Crippen LogP contribution in [-0.4, -0.2) is 24.7 Å². The summed E-state index contributed by atoms with van der Waals surface area (Å²) >= 11 is 0. The van der Waals surface area contributed by atoms with E-state index in [1.807, 2.05) is 18.5 Å². The maximum Gasteiger partial charge on any atom is 0.0495 e. The fourth-order valence-corrected chi connectivity index (χ4v) is 2.27. The highest BCUT2D eigenvalue weighted by molar-refractivity contribution is 5.14. The Morgan fingerprint density at radius 1 is 1.62 bits per heavy atom. The predicted octanol–water partition coefficient (Wildman–Crippen LogP) is 2.16. The van der Waals surface area contributed by atoms with Gasteiger partial charge in [0, 0.05) is 31.6 Å². The third-order valence-corrected chi connectivity index (χ3v) is 3.13. The summed E-state index contributed by atoms with van der Waals surface area (Å²) in [6, 6.07) is 4.58. The second-order valence-electron chi connectivity index (χ2n) is 4.36. The number of pyridine rings is 1. The van der Waals surface area contributed by atoms with Crippen molar-refractivity contribution in [1.29, 1.82) is 0 Å². The zero-order chi connectivity index (χ0) is 11.2. The van der Waals surface area contributed by atoms with E-state index in [0.717, 1.165) is 26.2 Å². The van der Waals surface area contributed by atoms with Crippen LogP contribution in [0.5, 0.6) is 0 Å². The molecule has 2 heterocycles. The van der Waals surface area contributed by atoms with Gasteiger partial charge in [0.05, 0.1) is 0 Å². The SMILES string of the molecule is CCNC(CC1CCOC1)c1cccnc1. The first-order chi connectivity index (χ1) is 7.90. The van der Waals surface area contributed by atoms with Gasteiger partial charge in [-0.05, 0) is 36.9 Å². The van der Waals surface area contributed by atoms with Crippen LogP contribution in [0.1, 0.15) is 31.4 Å². The molecule has 1 aromatic heterocycles. The Labute approximate surface area is 97.2 Å². The van der Waals surface area contributed by atoms with Gasteiger partial charge < -0.3 is 10.1 Å². The molecule has 1 N–H and O–H groups in total. The van der Waals surface area contributed by atoms with Gasteiger partial charge in [-0.15, -0.1) is 0 Å². The lowest BCUT2D eigenvalue weighted by atomic mass is 9.95. The largest absolute Gasteiger partial charge is 0.381 e. The van der Waals surface area contributed by atoms with Gasteiger partial charge in [0.15, 0.2) is 0 Å². The fraction of sp³-hybridized carbons (Fsp3) is 0.615. The molecule has 0 radical (unpaired) electrons. The average Bonchev–Trinajstić information content (AvgIpc) is 2.83. The first-order valence-electron chi connectivity index (χ1n) is 6.11. The van der Waals surface area contributed by atoms with Gasteiger partial charge in [-0.3, -0.25) is 4.98 Å². The first-order valence-corrected chi connectivity index (χ1v) is 6.11. The van der Waals surface area contributed by atoms with Gasteiger partial charge in [-0.1, -0.05) is 13.0 Å². The minimum atomic E-state index is 0.422. The molecule has 1 aliphatic heterocycles. The minimum absolute atomic E-state index is 0.422. The van der Waals surface area contributed by atoms with E-state index < -0.39 is 0 Å². The summed E-state index contributed by atoms with van der Waals surface area (Å²) in [7, 11) is 0. The predicted molar refractivity (Wildman–Crippen MR) is 64.2 cm³/mol. The van der Waals surface area contributed by atoms with E-state index in [9.17, 15) is 0 Å². The fourth-order valence-electron chi connectivity index (χ4n) is 2.27. The number of aromatic nitrogens is 1. The van der Waals surface area contributed by atoms with E-state index in [2.05, 4.69) is 23.3 Å². The Bertz CT molecular complexity index is 296.